The minimum Gasteiger partial charge on any atom is -0.385 e. The van der Waals surface area contributed by atoms with Crippen molar-refractivity contribution in [2.45, 2.75) is 38.2 Å². The number of pyridine rings is 1. The third kappa shape index (κ3) is 5.74. The average molecular weight is 509 g/mol. The number of halogens is 1. The Bertz CT molecular complexity index is 1380. The van der Waals surface area contributed by atoms with Gasteiger partial charge in [0.2, 0.25) is 0 Å². The molecule has 5 heteroatoms. The fraction of sp³-hybridized carbons (Fsp3) is 0.273. The van der Waals surface area contributed by atoms with E-state index in [0.717, 1.165) is 54.0 Å². The van der Waals surface area contributed by atoms with Gasteiger partial charge >= 0.3 is 0 Å². The number of carbonyl (C=O) groups is 1. The molecule has 0 unspecified atom stereocenters. The summed E-state index contributed by atoms with van der Waals surface area (Å²) in [6.45, 7) is 4.48. The van der Waals surface area contributed by atoms with Crippen molar-refractivity contribution in [1.29, 1.82) is 0 Å². The fourth-order valence-corrected chi connectivity index (χ4v) is 5.40. The molecule has 1 saturated heterocycles. The minimum atomic E-state index is -0.852. The zero-order valence-corrected chi connectivity index (χ0v) is 21.7. The van der Waals surface area contributed by atoms with Crippen LogP contribution in [0.4, 0.5) is 4.39 Å². The maximum absolute atomic E-state index is 13.1. The van der Waals surface area contributed by atoms with E-state index in [9.17, 15) is 14.3 Å². The van der Waals surface area contributed by atoms with Gasteiger partial charge in [-0.2, -0.15) is 0 Å². The number of benzene rings is 3. The van der Waals surface area contributed by atoms with Crippen molar-refractivity contribution in [3.63, 3.8) is 0 Å². The lowest BCUT2D eigenvalue weighted by atomic mass is 9.83. The van der Waals surface area contributed by atoms with Crippen molar-refractivity contribution >= 4 is 5.78 Å². The van der Waals surface area contributed by atoms with Crippen LogP contribution in [0, 0.1) is 12.7 Å². The van der Waals surface area contributed by atoms with Gasteiger partial charge in [0.15, 0.2) is 5.78 Å². The SMILES string of the molecule is Cc1cccc(-c2ccc(C3(O)CCN(CCCC(=O)c4ccc(F)cc4)CC3)cc2)c1-c1ccccn1. The Morgan fingerprint density at radius 2 is 1.68 bits per heavy atom. The third-order valence-corrected chi connectivity index (χ3v) is 7.65. The van der Waals surface area contributed by atoms with Crippen molar-refractivity contribution in [3.05, 3.63) is 114 Å². The summed E-state index contributed by atoms with van der Waals surface area (Å²) in [4.78, 5) is 19.2. The van der Waals surface area contributed by atoms with Crippen LogP contribution in [0.15, 0.2) is 91.1 Å². The Balaban J connectivity index is 1.20. The van der Waals surface area contributed by atoms with Gasteiger partial charge in [0.05, 0.1) is 11.3 Å². The zero-order valence-electron chi connectivity index (χ0n) is 21.7. The van der Waals surface area contributed by atoms with Gasteiger partial charge in [0.25, 0.3) is 0 Å². The Hall–Kier alpha value is -3.67. The van der Waals surface area contributed by atoms with Crippen LogP contribution in [-0.2, 0) is 5.60 Å². The lowest BCUT2D eigenvalue weighted by Gasteiger charge is -2.38. The van der Waals surface area contributed by atoms with E-state index in [1.807, 2.05) is 24.4 Å². The summed E-state index contributed by atoms with van der Waals surface area (Å²) < 4.78 is 13.1. The summed E-state index contributed by atoms with van der Waals surface area (Å²) >= 11 is 0. The highest BCUT2D eigenvalue weighted by molar-refractivity contribution is 5.96. The molecule has 1 aliphatic rings. The van der Waals surface area contributed by atoms with Crippen LogP contribution in [0.2, 0.25) is 0 Å². The van der Waals surface area contributed by atoms with Crippen LogP contribution in [-0.4, -0.2) is 40.4 Å². The molecule has 1 fully saturated rings. The summed E-state index contributed by atoms with van der Waals surface area (Å²) in [5.41, 5.74) is 6.14. The topological polar surface area (TPSA) is 53.4 Å². The zero-order chi connectivity index (χ0) is 26.5. The maximum Gasteiger partial charge on any atom is 0.162 e. The molecule has 0 radical (unpaired) electrons. The van der Waals surface area contributed by atoms with E-state index in [0.29, 0.717) is 24.8 Å². The van der Waals surface area contributed by atoms with Crippen LogP contribution in [0.1, 0.15) is 47.2 Å². The van der Waals surface area contributed by atoms with Crippen LogP contribution >= 0.6 is 0 Å². The van der Waals surface area contributed by atoms with Gasteiger partial charge in [-0.1, -0.05) is 48.5 Å². The number of aromatic nitrogens is 1. The second-order valence-corrected chi connectivity index (χ2v) is 10.2. The normalized spacial score (nSPS) is 15.3. The number of ketones is 1. The first kappa shape index (κ1) is 26.0. The van der Waals surface area contributed by atoms with E-state index in [-0.39, 0.29) is 11.6 Å². The largest absolute Gasteiger partial charge is 0.385 e. The summed E-state index contributed by atoms with van der Waals surface area (Å²) in [7, 11) is 0. The molecule has 194 valence electrons. The summed E-state index contributed by atoms with van der Waals surface area (Å²) in [6, 6.07) is 26.3. The van der Waals surface area contributed by atoms with Crippen molar-refractivity contribution in [2.75, 3.05) is 19.6 Å². The molecule has 1 aromatic heterocycles. The molecule has 0 saturated carbocycles. The van der Waals surface area contributed by atoms with Crippen LogP contribution < -0.4 is 0 Å². The van der Waals surface area contributed by atoms with E-state index in [1.165, 1.54) is 17.7 Å². The van der Waals surface area contributed by atoms with Crippen molar-refractivity contribution < 1.29 is 14.3 Å². The molecule has 3 aromatic carbocycles. The predicted molar refractivity (Wildman–Crippen MR) is 149 cm³/mol. The van der Waals surface area contributed by atoms with Gasteiger partial charge in [-0.15, -0.1) is 0 Å². The number of rotatable bonds is 8. The van der Waals surface area contributed by atoms with Crippen LogP contribution in [0.25, 0.3) is 22.4 Å². The molecule has 2 heterocycles. The third-order valence-electron chi connectivity index (χ3n) is 7.65. The Labute approximate surface area is 223 Å². The van der Waals surface area contributed by atoms with Gasteiger partial charge in [-0.05, 0) is 91.4 Å². The lowest BCUT2D eigenvalue weighted by molar-refractivity contribution is -0.0260. The summed E-state index contributed by atoms with van der Waals surface area (Å²) in [5, 5.41) is 11.5. The number of aliphatic hydroxyl groups is 1. The van der Waals surface area contributed by atoms with E-state index < -0.39 is 5.60 Å². The Morgan fingerprint density at radius 1 is 0.947 bits per heavy atom. The van der Waals surface area contributed by atoms with Crippen LogP contribution in [0.3, 0.4) is 0 Å². The first-order chi connectivity index (χ1) is 18.4. The molecule has 0 bridgehead atoms. The summed E-state index contributed by atoms with van der Waals surface area (Å²) in [5.74, 6) is -0.292. The number of carbonyl (C=O) groups excluding carboxylic acids is 1. The van der Waals surface area contributed by atoms with Gasteiger partial charge in [0, 0.05) is 36.8 Å². The molecule has 0 amide bonds. The predicted octanol–water partition coefficient (Wildman–Crippen LogP) is 6.81. The van der Waals surface area contributed by atoms with Gasteiger partial charge in [-0.25, -0.2) is 4.39 Å². The fourth-order valence-electron chi connectivity index (χ4n) is 5.40. The van der Waals surface area contributed by atoms with Crippen molar-refractivity contribution in [3.8, 4) is 22.4 Å². The highest BCUT2D eigenvalue weighted by atomic mass is 19.1. The molecule has 4 nitrogen and oxygen atoms in total. The molecule has 5 rings (SSSR count). The minimum absolute atomic E-state index is 0.0402. The number of Topliss-reactive ketones (excluding diaryl/α,β-unsaturated/α-hetero) is 1. The number of aryl methyl sites for hydroxylation is 1. The Kier molecular flexibility index (Phi) is 7.77. The van der Waals surface area contributed by atoms with E-state index in [4.69, 9.17) is 0 Å². The van der Waals surface area contributed by atoms with E-state index in [1.54, 1.807) is 12.1 Å². The number of nitrogens with zero attached hydrogens (tertiary/aromatic N) is 2. The molecule has 0 spiro atoms. The highest BCUT2D eigenvalue weighted by Crippen LogP contribution is 2.37. The van der Waals surface area contributed by atoms with E-state index in [2.05, 4.69) is 59.3 Å². The second kappa shape index (κ2) is 11.4. The number of hydrogen-bond donors (Lipinski definition) is 1. The molecule has 4 aromatic rings. The molecule has 0 aliphatic carbocycles. The monoisotopic (exact) mass is 508 g/mol. The number of piperidine rings is 1. The van der Waals surface area contributed by atoms with Crippen molar-refractivity contribution in [1.82, 2.24) is 9.88 Å². The maximum atomic E-state index is 13.1. The van der Waals surface area contributed by atoms with Gasteiger partial charge in [-0.3, -0.25) is 9.78 Å². The first-order valence-corrected chi connectivity index (χ1v) is 13.3. The molecule has 0 atom stereocenters. The lowest BCUT2D eigenvalue weighted by Crippen LogP contribution is -2.42. The average Bonchev–Trinajstić information content (AvgIpc) is 2.95. The number of likely N-dealkylation sites (tertiary alicyclic amines) is 1. The smallest absolute Gasteiger partial charge is 0.162 e. The molecular formula is C33H33FN2O2. The molecule has 1 N–H and O–H groups in total. The van der Waals surface area contributed by atoms with Crippen molar-refractivity contribution in [2.24, 2.45) is 0 Å². The van der Waals surface area contributed by atoms with E-state index >= 15 is 0 Å². The summed E-state index contributed by atoms with van der Waals surface area (Å²) in [6.07, 6.45) is 4.31. The quantitative estimate of drug-likeness (QED) is 0.266. The second-order valence-electron chi connectivity index (χ2n) is 10.2. The van der Waals surface area contributed by atoms with Gasteiger partial charge < -0.3 is 10.0 Å². The first-order valence-electron chi connectivity index (χ1n) is 13.3. The Morgan fingerprint density at radius 3 is 2.37 bits per heavy atom. The standard InChI is InChI=1S/C33H33FN2O2/c1-24-6-4-7-29(32(24)30-8-2-3-20-35-30)25-10-14-27(15-11-25)33(38)18-22-36(23-19-33)21-5-9-31(37)26-12-16-28(34)17-13-26/h2-4,6-8,10-17,20,38H,5,9,18-19,21-23H2,1H3. The molecule has 38 heavy (non-hydrogen) atoms. The molecular weight excluding hydrogens is 475 g/mol. The van der Waals surface area contributed by atoms with Crippen LogP contribution in [0.5, 0.6) is 0 Å². The van der Waals surface area contributed by atoms with Gasteiger partial charge in [0.1, 0.15) is 5.82 Å². The number of hydrogen-bond acceptors (Lipinski definition) is 4. The molecule has 1 aliphatic heterocycles. The highest BCUT2D eigenvalue weighted by Gasteiger charge is 2.33.